The Morgan fingerprint density at radius 3 is 2.58 bits per heavy atom. The third kappa shape index (κ3) is 4.35. The topological polar surface area (TPSA) is 78.5 Å². The maximum atomic E-state index is 14.2. The van der Waals surface area contributed by atoms with Gasteiger partial charge in [0.15, 0.2) is 11.5 Å². The van der Waals surface area contributed by atoms with Crippen molar-refractivity contribution in [2.45, 2.75) is 25.9 Å². The van der Waals surface area contributed by atoms with Crippen LogP contribution in [0.25, 0.3) is 22.1 Å². The van der Waals surface area contributed by atoms with Gasteiger partial charge in [0.2, 0.25) is 0 Å². The predicted molar refractivity (Wildman–Crippen MR) is 128 cm³/mol. The van der Waals surface area contributed by atoms with Gasteiger partial charge in [0.25, 0.3) is 0 Å². The molecule has 0 radical (unpaired) electrons. The molecule has 182 valence electrons. The normalized spacial score (nSPS) is 11.8. The lowest BCUT2D eigenvalue weighted by Crippen LogP contribution is -2.18. The molecule has 0 aliphatic heterocycles. The van der Waals surface area contributed by atoms with Crippen molar-refractivity contribution in [3.63, 3.8) is 0 Å². The number of aryl methyl sites for hydroxylation is 2. The highest BCUT2D eigenvalue weighted by Crippen LogP contribution is 2.36. The summed E-state index contributed by atoms with van der Waals surface area (Å²) in [4.78, 5) is 21.0. The van der Waals surface area contributed by atoms with Crippen molar-refractivity contribution in [1.82, 2.24) is 29.5 Å². The summed E-state index contributed by atoms with van der Waals surface area (Å²) in [5, 5.41) is 9.66. The number of ketones is 1. The lowest BCUT2D eigenvalue weighted by molar-refractivity contribution is -0.143. The molecule has 3 heterocycles. The van der Waals surface area contributed by atoms with E-state index >= 15 is 0 Å². The fourth-order valence-electron chi connectivity index (χ4n) is 4.10. The van der Waals surface area contributed by atoms with Gasteiger partial charge in [-0.05, 0) is 48.6 Å². The molecular formula is C25H18ClF3N6O. The Bertz CT molecular complexity index is 1590. The molecule has 0 amide bonds. The molecule has 11 heteroatoms. The van der Waals surface area contributed by atoms with Crippen LogP contribution in [-0.4, -0.2) is 35.3 Å². The maximum Gasteiger partial charge on any atom is 0.434 e. The number of nitrogens with zero attached hydrogens (tertiary/aromatic N) is 6. The molecule has 0 atom stereocenters. The van der Waals surface area contributed by atoms with E-state index < -0.39 is 23.2 Å². The summed E-state index contributed by atoms with van der Waals surface area (Å²) in [6, 6.07) is 11.8. The Morgan fingerprint density at radius 1 is 1.03 bits per heavy atom. The van der Waals surface area contributed by atoms with Crippen LogP contribution in [0.1, 0.15) is 33.9 Å². The molecule has 0 aliphatic rings. The van der Waals surface area contributed by atoms with E-state index in [0.717, 1.165) is 10.9 Å². The van der Waals surface area contributed by atoms with E-state index in [2.05, 4.69) is 20.2 Å². The molecule has 0 saturated heterocycles. The summed E-state index contributed by atoms with van der Waals surface area (Å²) < 4.78 is 44.8. The molecule has 0 aliphatic carbocycles. The van der Waals surface area contributed by atoms with Crippen LogP contribution < -0.4 is 0 Å². The maximum absolute atomic E-state index is 14.2. The Morgan fingerprint density at radius 2 is 1.86 bits per heavy atom. The van der Waals surface area contributed by atoms with E-state index in [1.807, 2.05) is 0 Å². The zero-order valence-electron chi connectivity index (χ0n) is 18.9. The lowest BCUT2D eigenvalue weighted by atomic mass is 10.0. The minimum atomic E-state index is -4.80. The van der Waals surface area contributed by atoms with Gasteiger partial charge >= 0.3 is 6.18 Å². The van der Waals surface area contributed by atoms with Crippen LogP contribution in [0.3, 0.4) is 0 Å². The minimum absolute atomic E-state index is 0.149. The summed E-state index contributed by atoms with van der Waals surface area (Å²) in [5.74, 6) is -0.0160. The zero-order chi connectivity index (χ0) is 25.4. The van der Waals surface area contributed by atoms with Gasteiger partial charge < -0.3 is 0 Å². The van der Waals surface area contributed by atoms with Crippen LogP contribution >= 0.6 is 11.6 Å². The van der Waals surface area contributed by atoms with E-state index in [4.69, 9.17) is 11.6 Å². The van der Waals surface area contributed by atoms with Crippen molar-refractivity contribution in [2.75, 3.05) is 0 Å². The molecule has 3 aromatic heterocycles. The van der Waals surface area contributed by atoms with Crippen molar-refractivity contribution in [2.24, 2.45) is 0 Å². The van der Waals surface area contributed by atoms with Gasteiger partial charge in [-0.25, -0.2) is 14.3 Å². The SMILES string of the molecule is Cc1ncnn1-c1ccc(CCC(=O)c2cnn(-c3cccc4ccncc34)c2C(F)(F)F)cc1Cl. The average molecular weight is 511 g/mol. The van der Waals surface area contributed by atoms with Crippen molar-refractivity contribution in [3.05, 3.63) is 95.1 Å². The number of pyridine rings is 1. The number of hydrogen-bond donors (Lipinski definition) is 0. The highest BCUT2D eigenvalue weighted by Gasteiger charge is 2.40. The highest BCUT2D eigenvalue weighted by atomic mass is 35.5. The number of carbonyl (C=O) groups excluding carboxylic acids is 1. The van der Waals surface area contributed by atoms with Gasteiger partial charge in [-0.15, -0.1) is 0 Å². The van der Waals surface area contributed by atoms with Gasteiger partial charge in [0, 0.05) is 24.2 Å². The first-order valence-corrected chi connectivity index (χ1v) is 11.3. The molecule has 0 fully saturated rings. The molecule has 0 bridgehead atoms. The molecule has 2 aromatic carbocycles. The van der Waals surface area contributed by atoms with Gasteiger partial charge in [0.1, 0.15) is 12.2 Å². The van der Waals surface area contributed by atoms with Crippen molar-refractivity contribution in [3.8, 4) is 11.4 Å². The number of alkyl halides is 3. The first-order chi connectivity index (χ1) is 17.2. The largest absolute Gasteiger partial charge is 0.434 e. The third-order valence-electron chi connectivity index (χ3n) is 5.83. The summed E-state index contributed by atoms with van der Waals surface area (Å²) in [6.07, 6.45) is 0.671. The summed E-state index contributed by atoms with van der Waals surface area (Å²) in [7, 11) is 0. The number of carbonyl (C=O) groups is 1. The van der Waals surface area contributed by atoms with E-state index in [-0.39, 0.29) is 18.5 Å². The minimum Gasteiger partial charge on any atom is -0.294 e. The van der Waals surface area contributed by atoms with E-state index in [0.29, 0.717) is 32.9 Å². The molecular weight excluding hydrogens is 493 g/mol. The molecule has 0 saturated carbocycles. The summed E-state index contributed by atoms with van der Waals surface area (Å²) in [6.45, 7) is 1.78. The Hall–Kier alpha value is -4.05. The quantitative estimate of drug-likeness (QED) is 0.270. The Balaban J connectivity index is 1.43. The van der Waals surface area contributed by atoms with Crippen LogP contribution in [0.5, 0.6) is 0 Å². The number of fused-ring (bicyclic) bond motifs is 1. The molecule has 0 spiro atoms. The molecule has 36 heavy (non-hydrogen) atoms. The van der Waals surface area contributed by atoms with E-state index in [1.165, 1.54) is 18.6 Å². The van der Waals surface area contributed by atoms with Crippen LogP contribution in [0.15, 0.2) is 67.4 Å². The van der Waals surface area contributed by atoms with E-state index in [1.54, 1.807) is 54.2 Å². The first kappa shape index (κ1) is 23.7. The van der Waals surface area contributed by atoms with Crippen molar-refractivity contribution in [1.29, 1.82) is 0 Å². The number of benzene rings is 2. The Labute approximate surface area is 208 Å². The monoisotopic (exact) mass is 510 g/mol. The van der Waals surface area contributed by atoms with Crippen molar-refractivity contribution >= 4 is 28.2 Å². The second kappa shape index (κ2) is 9.19. The van der Waals surface area contributed by atoms with Gasteiger partial charge in [-0.1, -0.05) is 29.8 Å². The summed E-state index contributed by atoms with van der Waals surface area (Å²) in [5.41, 5.74) is -0.0797. The number of halogens is 4. The number of Topliss-reactive ketones (excluding diaryl/α,β-unsaturated/α-hetero) is 1. The molecule has 0 unspecified atom stereocenters. The fraction of sp³-hybridized carbons (Fsp3) is 0.160. The predicted octanol–water partition coefficient (Wildman–Crippen LogP) is 5.80. The third-order valence-corrected chi connectivity index (χ3v) is 6.13. The second-order valence-electron chi connectivity index (χ2n) is 8.12. The van der Waals surface area contributed by atoms with Gasteiger partial charge in [-0.3, -0.25) is 9.78 Å². The molecule has 5 rings (SSSR count). The van der Waals surface area contributed by atoms with Crippen molar-refractivity contribution < 1.29 is 18.0 Å². The van der Waals surface area contributed by atoms with Crippen LogP contribution in [0.4, 0.5) is 13.2 Å². The van der Waals surface area contributed by atoms with Crippen LogP contribution in [0, 0.1) is 6.92 Å². The molecule has 5 aromatic rings. The first-order valence-electron chi connectivity index (χ1n) is 10.9. The lowest BCUT2D eigenvalue weighted by Gasteiger charge is -2.14. The average Bonchev–Trinajstić information content (AvgIpc) is 3.49. The smallest absolute Gasteiger partial charge is 0.294 e. The summed E-state index contributed by atoms with van der Waals surface area (Å²) >= 11 is 6.39. The number of hydrogen-bond acceptors (Lipinski definition) is 5. The van der Waals surface area contributed by atoms with Crippen LogP contribution in [-0.2, 0) is 12.6 Å². The fourth-order valence-corrected chi connectivity index (χ4v) is 4.38. The number of rotatable bonds is 6. The zero-order valence-corrected chi connectivity index (χ0v) is 19.6. The standard InChI is InChI=1S/C25H18ClF3N6O/c1-15-31-14-33-34(15)22-7-5-16(11-20(22)26)6-8-23(36)19-13-32-35(24(19)25(27,28)29)21-4-2-3-17-9-10-30-12-18(17)21/h2-5,7,9-14H,6,8H2,1H3. The van der Waals surface area contributed by atoms with Crippen LogP contribution in [0.2, 0.25) is 5.02 Å². The molecule has 0 N–H and O–H groups in total. The van der Waals surface area contributed by atoms with Gasteiger partial charge in [-0.2, -0.15) is 23.4 Å². The second-order valence-corrected chi connectivity index (χ2v) is 8.53. The van der Waals surface area contributed by atoms with Gasteiger partial charge in [0.05, 0.1) is 28.2 Å². The number of aromatic nitrogens is 6. The molecule has 7 nitrogen and oxygen atoms in total. The highest BCUT2D eigenvalue weighted by molar-refractivity contribution is 6.32. The Kier molecular flexibility index (Phi) is 6.05. The van der Waals surface area contributed by atoms with E-state index in [9.17, 15) is 18.0 Å².